The van der Waals surface area contributed by atoms with E-state index in [2.05, 4.69) is 10.0 Å². The molecule has 0 radical (unpaired) electrons. The highest BCUT2D eigenvalue weighted by Gasteiger charge is 2.20. The van der Waals surface area contributed by atoms with Crippen molar-refractivity contribution in [1.82, 2.24) is 10.0 Å². The predicted octanol–water partition coefficient (Wildman–Crippen LogP) is 2.38. The van der Waals surface area contributed by atoms with Crippen molar-refractivity contribution in [2.75, 3.05) is 13.2 Å². The summed E-state index contributed by atoms with van der Waals surface area (Å²) in [6.45, 7) is 3.37. The molecule has 2 aromatic rings. The van der Waals surface area contributed by atoms with Gasteiger partial charge in [-0.05, 0) is 49.6 Å². The minimum absolute atomic E-state index is 0.0633. The van der Waals surface area contributed by atoms with Crippen LogP contribution in [-0.2, 0) is 21.3 Å². The Morgan fingerprint density at radius 2 is 1.81 bits per heavy atom. The molecule has 1 aliphatic rings. The molecule has 144 valence electrons. The fourth-order valence-electron chi connectivity index (χ4n) is 2.87. The number of benzene rings is 2. The van der Waals surface area contributed by atoms with Crippen LogP contribution in [0.4, 0.5) is 0 Å². The van der Waals surface area contributed by atoms with E-state index in [9.17, 15) is 13.2 Å². The molecule has 1 atom stereocenters. The van der Waals surface area contributed by atoms with E-state index in [1.165, 1.54) is 24.3 Å². The largest absolute Gasteiger partial charge is 0.377 e. The number of carbonyl (C=O) groups excluding carboxylic acids is 1. The second-order valence-electron chi connectivity index (χ2n) is 6.68. The van der Waals surface area contributed by atoms with E-state index in [0.29, 0.717) is 18.7 Å². The van der Waals surface area contributed by atoms with E-state index < -0.39 is 10.0 Å². The van der Waals surface area contributed by atoms with Crippen molar-refractivity contribution in [3.63, 3.8) is 0 Å². The van der Waals surface area contributed by atoms with Gasteiger partial charge in [-0.1, -0.05) is 29.8 Å². The van der Waals surface area contributed by atoms with Crippen LogP contribution in [0.5, 0.6) is 0 Å². The van der Waals surface area contributed by atoms with Crippen molar-refractivity contribution in [1.29, 1.82) is 0 Å². The number of ether oxygens (including phenoxy) is 1. The van der Waals surface area contributed by atoms with Crippen LogP contribution < -0.4 is 10.0 Å². The second kappa shape index (κ2) is 8.65. The van der Waals surface area contributed by atoms with E-state index in [0.717, 1.165) is 24.0 Å². The van der Waals surface area contributed by atoms with Gasteiger partial charge in [-0.3, -0.25) is 4.79 Å². The summed E-state index contributed by atoms with van der Waals surface area (Å²) in [5.74, 6) is -0.244. The molecule has 1 aliphatic heterocycles. The second-order valence-corrected chi connectivity index (χ2v) is 8.45. The van der Waals surface area contributed by atoms with E-state index in [4.69, 9.17) is 4.74 Å². The molecule has 0 unspecified atom stereocenters. The van der Waals surface area contributed by atoms with Gasteiger partial charge in [-0.2, -0.15) is 0 Å². The Labute approximate surface area is 160 Å². The van der Waals surface area contributed by atoms with Crippen molar-refractivity contribution in [2.24, 2.45) is 0 Å². The number of hydrogen-bond donors (Lipinski definition) is 2. The molecule has 1 fully saturated rings. The fourth-order valence-corrected chi connectivity index (χ4v) is 3.93. The first kappa shape index (κ1) is 19.5. The SMILES string of the molecule is Cc1ccc(CNC(=O)c2ccc(S(=O)(=O)NC[C@H]3CCCO3)cc2)cc1. The maximum Gasteiger partial charge on any atom is 0.251 e. The summed E-state index contributed by atoms with van der Waals surface area (Å²) in [7, 11) is -3.61. The van der Waals surface area contributed by atoms with Gasteiger partial charge in [0.2, 0.25) is 10.0 Å². The van der Waals surface area contributed by atoms with E-state index in [-0.39, 0.29) is 23.5 Å². The predicted molar refractivity (Wildman–Crippen MR) is 103 cm³/mol. The molecule has 2 aromatic carbocycles. The van der Waals surface area contributed by atoms with Gasteiger partial charge in [0.1, 0.15) is 0 Å². The highest BCUT2D eigenvalue weighted by atomic mass is 32.2. The van der Waals surface area contributed by atoms with Crippen molar-refractivity contribution in [3.8, 4) is 0 Å². The standard InChI is InChI=1S/C20H24N2O4S/c1-15-4-6-16(7-5-15)13-21-20(23)17-8-10-19(11-9-17)27(24,25)22-14-18-3-2-12-26-18/h4-11,18,22H,2-3,12-14H2,1H3,(H,21,23)/t18-/m1/s1. The Balaban J connectivity index is 1.56. The van der Waals surface area contributed by atoms with Crippen LogP contribution >= 0.6 is 0 Å². The van der Waals surface area contributed by atoms with Crippen LogP contribution in [0, 0.1) is 6.92 Å². The lowest BCUT2D eigenvalue weighted by atomic mass is 10.1. The minimum Gasteiger partial charge on any atom is -0.377 e. The molecule has 0 aliphatic carbocycles. The van der Waals surface area contributed by atoms with Crippen LogP contribution in [-0.4, -0.2) is 33.6 Å². The first-order chi connectivity index (χ1) is 12.9. The Morgan fingerprint density at radius 1 is 1.11 bits per heavy atom. The molecule has 7 heteroatoms. The zero-order valence-electron chi connectivity index (χ0n) is 15.3. The number of aryl methyl sites for hydroxylation is 1. The lowest BCUT2D eigenvalue weighted by molar-refractivity contribution is 0.0951. The van der Waals surface area contributed by atoms with Gasteiger partial charge >= 0.3 is 0 Å². The normalized spacial score (nSPS) is 17.0. The number of nitrogens with one attached hydrogen (secondary N) is 2. The summed E-state index contributed by atoms with van der Waals surface area (Å²) in [6, 6.07) is 13.8. The van der Waals surface area contributed by atoms with Crippen molar-refractivity contribution in [3.05, 3.63) is 65.2 Å². The summed E-state index contributed by atoms with van der Waals surface area (Å²) in [4.78, 5) is 12.4. The first-order valence-corrected chi connectivity index (χ1v) is 10.5. The van der Waals surface area contributed by atoms with E-state index >= 15 is 0 Å². The van der Waals surface area contributed by atoms with Crippen LogP contribution in [0.2, 0.25) is 0 Å². The number of sulfonamides is 1. The molecule has 1 amide bonds. The van der Waals surface area contributed by atoms with Gasteiger partial charge in [0.25, 0.3) is 5.91 Å². The average Bonchev–Trinajstić information content (AvgIpc) is 3.20. The minimum atomic E-state index is -3.61. The Kier molecular flexibility index (Phi) is 6.26. The van der Waals surface area contributed by atoms with Crippen LogP contribution in [0.25, 0.3) is 0 Å². The molecular formula is C20H24N2O4S. The van der Waals surface area contributed by atoms with Gasteiger partial charge < -0.3 is 10.1 Å². The highest BCUT2D eigenvalue weighted by Crippen LogP contribution is 2.14. The number of hydrogen-bond acceptors (Lipinski definition) is 4. The molecule has 0 saturated carbocycles. The van der Waals surface area contributed by atoms with E-state index in [1.807, 2.05) is 31.2 Å². The number of rotatable bonds is 7. The average molecular weight is 388 g/mol. The Morgan fingerprint density at radius 3 is 2.44 bits per heavy atom. The zero-order valence-corrected chi connectivity index (χ0v) is 16.1. The van der Waals surface area contributed by atoms with Gasteiger partial charge in [0.05, 0.1) is 11.0 Å². The third kappa shape index (κ3) is 5.38. The summed E-state index contributed by atoms with van der Waals surface area (Å²) >= 11 is 0. The third-order valence-electron chi connectivity index (χ3n) is 4.53. The molecule has 0 spiro atoms. The van der Waals surface area contributed by atoms with Crippen LogP contribution in [0.1, 0.15) is 34.3 Å². The lowest BCUT2D eigenvalue weighted by Gasteiger charge is -2.12. The smallest absolute Gasteiger partial charge is 0.251 e. The highest BCUT2D eigenvalue weighted by molar-refractivity contribution is 7.89. The maximum absolute atomic E-state index is 12.3. The quantitative estimate of drug-likeness (QED) is 0.763. The Bertz CT molecular complexity index is 871. The third-order valence-corrected chi connectivity index (χ3v) is 5.96. The van der Waals surface area contributed by atoms with Gasteiger partial charge in [0.15, 0.2) is 0 Å². The Hall–Kier alpha value is -2.22. The van der Waals surface area contributed by atoms with Crippen LogP contribution in [0.3, 0.4) is 0 Å². The van der Waals surface area contributed by atoms with Crippen molar-refractivity contribution >= 4 is 15.9 Å². The monoisotopic (exact) mass is 388 g/mol. The zero-order chi connectivity index (χ0) is 19.3. The maximum atomic E-state index is 12.3. The molecule has 1 saturated heterocycles. The van der Waals surface area contributed by atoms with Gasteiger partial charge in [-0.15, -0.1) is 0 Å². The van der Waals surface area contributed by atoms with E-state index in [1.54, 1.807) is 0 Å². The number of amides is 1. The summed E-state index contributed by atoms with van der Waals surface area (Å²) in [5, 5.41) is 2.83. The summed E-state index contributed by atoms with van der Waals surface area (Å²) in [5.41, 5.74) is 2.58. The molecule has 2 N–H and O–H groups in total. The molecule has 0 bridgehead atoms. The van der Waals surface area contributed by atoms with Crippen LogP contribution in [0.15, 0.2) is 53.4 Å². The molecule has 1 heterocycles. The molecule has 0 aromatic heterocycles. The van der Waals surface area contributed by atoms with Gasteiger partial charge in [0, 0.05) is 25.3 Å². The molecule has 6 nitrogen and oxygen atoms in total. The molecule has 3 rings (SSSR count). The topological polar surface area (TPSA) is 84.5 Å². The number of carbonyl (C=O) groups is 1. The van der Waals surface area contributed by atoms with Crippen molar-refractivity contribution < 1.29 is 17.9 Å². The fraction of sp³-hybridized carbons (Fsp3) is 0.350. The molecular weight excluding hydrogens is 364 g/mol. The lowest BCUT2D eigenvalue weighted by Crippen LogP contribution is -2.31. The molecule has 27 heavy (non-hydrogen) atoms. The van der Waals surface area contributed by atoms with Crippen molar-refractivity contribution in [2.45, 2.75) is 37.3 Å². The van der Waals surface area contributed by atoms with Gasteiger partial charge in [-0.25, -0.2) is 13.1 Å². The summed E-state index contributed by atoms with van der Waals surface area (Å²) in [6.07, 6.45) is 1.76. The first-order valence-electron chi connectivity index (χ1n) is 8.99. The summed E-state index contributed by atoms with van der Waals surface area (Å²) < 4.78 is 32.7.